The summed E-state index contributed by atoms with van der Waals surface area (Å²) in [4.78, 5) is 5.16. The van der Waals surface area contributed by atoms with E-state index in [-0.39, 0.29) is 27.9 Å². The largest absolute Gasteiger partial charge is 0.461 e. The van der Waals surface area contributed by atoms with Crippen LogP contribution in [0.1, 0.15) is 113 Å². The maximum Gasteiger partial charge on any atom is 0.137 e. The molecule has 0 radical (unpaired) electrons. The van der Waals surface area contributed by atoms with Gasteiger partial charge < -0.3 is 19.3 Å². The lowest BCUT2D eigenvalue weighted by molar-refractivity contribution is 0.169. The smallest absolute Gasteiger partial charge is 0.137 e. The number of rotatable bonds is 6. The van der Waals surface area contributed by atoms with Crippen molar-refractivity contribution in [3.63, 3.8) is 0 Å². The third-order valence-corrected chi connectivity index (χ3v) is 14.6. The molecular formula is C55H56N6O2. The van der Waals surface area contributed by atoms with E-state index in [1.165, 1.54) is 52.0 Å². The van der Waals surface area contributed by atoms with Gasteiger partial charge in [0.1, 0.15) is 58.5 Å². The minimum Gasteiger partial charge on any atom is -0.461 e. The first-order valence-electron chi connectivity index (χ1n) is 22.9. The number of aryl methyl sites for hydroxylation is 2. The Morgan fingerprint density at radius 1 is 0.762 bits per heavy atom. The highest BCUT2D eigenvalue weighted by atomic mass is 16.5. The average molecular weight is 833 g/mol. The van der Waals surface area contributed by atoms with Crippen LogP contribution in [0.2, 0.25) is 0 Å². The lowest BCUT2D eigenvalue weighted by atomic mass is 9.65. The molecule has 4 unspecified atom stereocenters. The Kier molecular flexibility index (Phi) is 10.8. The fourth-order valence-electron chi connectivity index (χ4n) is 11.3. The van der Waals surface area contributed by atoms with E-state index in [2.05, 4.69) is 99.9 Å². The maximum absolute atomic E-state index is 10.1. The third kappa shape index (κ3) is 7.72. The van der Waals surface area contributed by atoms with Gasteiger partial charge in [0.2, 0.25) is 0 Å². The number of nitrogens with zero attached hydrogens (tertiary/aromatic N) is 6. The maximum atomic E-state index is 10.1. The number of anilines is 2. The van der Waals surface area contributed by atoms with Crippen molar-refractivity contribution in [2.75, 3.05) is 29.4 Å². The first-order valence-corrected chi connectivity index (χ1v) is 22.9. The molecule has 63 heavy (non-hydrogen) atoms. The first-order chi connectivity index (χ1) is 30.3. The summed E-state index contributed by atoms with van der Waals surface area (Å²) in [5.41, 5.74) is 12.8. The van der Waals surface area contributed by atoms with Gasteiger partial charge in [-0.25, -0.2) is 0 Å². The van der Waals surface area contributed by atoms with E-state index < -0.39 is 0 Å². The van der Waals surface area contributed by atoms with Crippen molar-refractivity contribution in [1.29, 1.82) is 21.0 Å². The third-order valence-electron chi connectivity index (χ3n) is 14.6. The van der Waals surface area contributed by atoms with Crippen LogP contribution in [0.25, 0.3) is 12.2 Å². The molecule has 0 N–H and O–H groups in total. The van der Waals surface area contributed by atoms with E-state index in [4.69, 9.17) is 9.47 Å². The molecule has 318 valence electrons. The molecular weight excluding hydrogens is 777 g/mol. The normalized spacial score (nSPS) is 24.7. The number of allylic oxidation sites excluding steroid dienone is 12. The Morgan fingerprint density at radius 3 is 2.05 bits per heavy atom. The standard InChI is InChI=1S/C55H56N6O2/c1-34-21-42-24-37(12-14-45-26-41(43(30-56)31-57)27-50(62-45)54(3,4)5)25-49-52(42)61(34)20-17-55(49,6)29-40-13-16-47-48(44(32-58)33-59)28-46(63-53(47)35(40)2)15-11-36-22-38-9-7-18-60-19-8-10-39(23-36)51(38)60/h11-12,14-15,22-28,34-35,40H,7-10,13,16-21,29H2,1-6H3/b14-12+,15-11+. The first kappa shape index (κ1) is 41.9. The Hall–Kier alpha value is -6.48. The van der Waals surface area contributed by atoms with E-state index in [0.717, 1.165) is 81.5 Å². The van der Waals surface area contributed by atoms with Gasteiger partial charge in [0.05, 0.1) is 0 Å². The molecule has 0 aromatic heterocycles. The second-order valence-electron chi connectivity index (χ2n) is 19.9. The highest BCUT2D eigenvalue weighted by Crippen LogP contribution is 2.53. The van der Waals surface area contributed by atoms with Crippen molar-refractivity contribution in [3.8, 4) is 24.3 Å². The summed E-state index contributed by atoms with van der Waals surface area (Å²) in [6.07, 6.45) is 23.0. The van der Waals surface area contributed by atoms with Crippen LogP contribution in [0.4, 0.5) is 11.4 Å². The number of hydrogen-bond donors (Lipinski definition) is 0. The molecule has 0 saturated heterocycles. The molecule has 2 aromatic carbocycles. The van der Waals surface area contributed by atoms with Gasteiger partial charge in [-0.2, -0.15) is 21.0 Å². The van der Waals surface area contributed by atoms with Crippen LogP contribution in [0.3, 0.4) is 0 Å². The van der Waals surface area contributed by atoms with Crippen LogP contribution in [-0.2, 0) is 34.2 Å². The van der Waals surface area contributed by atoms with Gasteiger partial charge in [-0.1, -0.05) is 46.8 Å². The zero-order valence-corrected chi connectivity index (χ0v) is 37.6. The van der Waals surface area contributed by atoms with Crippen LogP contribution in [0.5, 0.6) is 0 Å². The Balaban J connectivity index is 1.01. The molecule has 0 spiro atoms. The van der Waals surface area contributed by atoms with Crippen molar-refractivity contribution in [1.82, 2.24) is 0 Å². The van der Waals surface area contributed by atoms with Crippen molar-refractivity contribution in [3.05, 3.63) is 139 Å². The van der Waals surface area contributed by atoms with Crippen LogP contribution in [-0.4, -0.2) is 25.7 Å². The predicted octanol–water partition coefficient (Wildman–Crippen LogP) is 11.7. The zero-order chi connectivity index (χ0) is 44.2. The number of ether oxygens (including phenoxy) is 2. The highest BCUT2D eigenvalue weighted by Gasteiger charge is 2.45. The second-order valence-corrected chi connectivity index (χ2v) is 19.9. The molecule has 4 atom stereocenters. The van der Waals surface area contributed by atoms with E-state index >= 15 is 0 Å². The highest BCUT2D eigenvalue weighted by molar-refractivity contribution is 5.73. The number of benzene rings is 2. The number of nitriles is 4. The fourth-order valence-corrected chi connectivity index (χ4v) is 11.3. The monoisotopic (exact) mass is 832 g/mol. The van der Waals surface area contributed by atoms with E-state index in [1.54, 1.807) is 12.2 Å². The quantitative estimate of drug-likeness (QED) is 0.264. The van der Waals surface area contributed by atoms with Gasteiger partial charge in [0.25, 0.3) is 0 Å². The van der Waals surface area contributed by atoms with Crippen molar-refractivity contribution in [2.45, 2.75) is 111 Å². The SMILES string of the molecule is CC1C2=C(CCC1CC1(C)CCN3c4c(cc(/C=C/C5=CC(=C(C#N)C#N)C=C(C(C)(C)C)O5)cc41)CC3C)C(=C(C#N)C#N)C=C(/C=C/c1cc3c4c(c1)CCCN4CCC3)O2. The van der Waals surface area contributed by atoms with Gasteiger partial charge in [-0.05, 0) is 164 Å². The summed E-state index contributed by atoms with van der Waals surface area (Å²) in [7, 11) is 0. The average Bonchev–Trinajstić information content (AvgIpc) is 3.60. The van der Waals surface area contributed by atoms with Crippen LogP contribution in [0, 0.1) is 62.6 Å². The molecule has 0 fully saturated rings. The summed E-state index contributed by atoms with van der Waals surface area (Å²) >= 11 is 0. The van der Waals surface area contributed by atoms with E-state index in [1.807, 2.05) is 30.4 Å². The molecule has 6 heterocycles. The van der Waals surface area contributed by atoms with Crippen LogP contribution < -0.4 is 9.80 Å². The summed E-state index contributed by atoms with van der Waals surface area (Å²) in [5.74, 6) is 3.27. The van der Waals surface area contributed by atoms with Gasteiger partial charge in [0.15, 0.2) is 0 Å². The molecule has 7 aliphatic rings. The lowest BCUT2D eigenvalue weighted by Crippen LogP contribution is -2.42. The number of hydrogen-bond acceptors (Lipinski definition) is 8. The Bertz CT molecular complexity index is 2670. The Morgan fingerprint density at radius 2 is 1.40 bits per heavy atom. The van der Waals surface area contributed by atoms with Crippen molar-refractivity contribution < 1.29 is 9.47 Å². The lowest BCUT2D eigenvalue weighted by Gasteiger charge is -2.46. The molecule has 8 heteroatoms. The van der Waals surface area contributed by atoms with Gasteiger partial charge in [0, 0.05) is 65.1 Å². The molecule has 0 amide bonds. The molecule has 2 aromatic rings. The molecule has 9 rings (SSSR count). The van der Waals surface area contributed by atoms with E-state index in [9.17, 15) is 21.0 Å². The topological polar surface area (TPSA) is 120 Å². The predicted molar refractivity (Wildman–Crippen MR) is 248 cm³/mol. The summed E-state index contributed by atoms with van der Waals surface area (Å²) < 4.78 is 13.2. The molecule has 0 saturated carbocycles. The van der Waals surface area contributed by atoms with E-state index in [0.29, 0.717) is 40.4 Å². The van der Waals surface area contributed by atoms with Gasteiger partial charge >= 0.3 is 0 Å². The van der Waals surface area contributed by atoms with Crippen LogP contribution in [0.15, 0.2) is 106 Å². The van der Waals surface area contributed by atoms with Crippen molar-refractivity contribution in [2.24, 2.45) is 17.3 Å². The van der Waals surface area contributed by atoms with Gasteiger partial charge in [-0.15, -0.1) is 0 Å². The summed E-state index contributed by atoms with van der Waals surface area (Å²) in [6, 6.07) is 18.3. The second kappa shape index (κ2) is 16.3. The minimum atomic E-state index is -0.316. The van der Waals surface area contributed by atoms with Crippen LogP contribution >= 0.6 is 0 Å². The van der Waals surface area contributed by atoms with Crippen molar-refractivity contribution >= 4 is 23.5 Å². The minimum absolute atomic E-state index is 0.0636. The summed E-state index contributed by atoms with van der Waals surface area (Å²) in [5, 5.41) is 39.6. The zero-order valence-electron chi connectivity index (χ0n) is 37.6. The fraction of sp³-hybridized carbons (Fsp3) is 0.418. The molecule has 0 bridgehead atoms. The molecule has 8 nitrogen and oxygen atoms in total. The molecule has 1 aliphatic carbocycles. The van der Waals surface area contributed by atoms with Gasteiger partial charge in [-0.3, -0.25) is 0 Å². The Labute approximate surface area is 373 Å². The summed E-state index contributed by atoms with van der Waals surface area (Å²) in [6.45, 7) is 16.5. The molecule has 6 aliphatic heterocycles.